The molecule has 0 fully saturated rings. The Morgan fingerprint density at radius 1 is 0.389 bits per heavy atom. The molecule has 2 aliphatic heterocycles. The molecule has 0 saturated heterocycles. The molecular formula is C46H35N5O3. The van der Waals surface area contributed by atoms with Gasteiger partial charge in [0.1, 0.15) is 17.2 Å². The van der Waals surface area contributed by atoms with Gasteiger partial charge in [-0.2, -0.15) is 0 Å². The molecular weight excluding hydrogens is 671 g/mol. The van der Waals surface area contributed by atoms with Crippen molar-refractivity contribution in [2.24, 2.45) is 0 Å². The van der Waals surface area contributed by atoms with E-state index in [-0.39, 0.29) is 0 Å². The van der Waals surface area contributed by atoms with Crippen LogP contribution < -0.4 is 14.2 Å². The summed E-state index contributed by atoms with van der Waals surface area (Å²) in [4.78, 5) is 22.8. The first-order chi connectivity index (χ1) is 26.6. The van der Waals surface area contributed by atoms with E-state index in [9.17, 15) is 0 Å². The molecule has 262 valence electrons. The average molecular weight is 706 g/mol. The van der Waals surface area contributed by atoms with Gasteiger partial charge in [0, 0.05) is 62.3 Å². The van der Waals surface area contributed by atoms with Gasteiger partial charge < -0.3 is 24.2 Å². The van der Waals surface area contributed by atoms with Crippen LogP contribution in [0.1, 0.15) is 22.8 Å². The Bertz CT molecular complexity index is 2700. The molecule has 0 spiro atoms. The molecule has 8 bridgehead atoms. The number of aromatic amines is 2. The molecule has 54 heavy (non-hydrogen) atoms. The lowest BCUT2D eigenvalue weighted by molar-refractivity contribution is 0.415. The van der Waals surface area contributed by atoms with Crippen LogP contribution in [-0.2, 0) is 0 Å². The van der Waals surface area contributed by atoms with Crippen molar-refractivity contribution in [3.63, 3.8) is 0 Å². The quantitative estimate of drug-likeness (QED) is 0.171. The number of pyridine rings is 1. The molecule has 8 heteroatoms. The minimum atomic E-state index is 0.782. The number of rotatable bonds is 7. The highest BCUT2D eigenvalue weighted by Gasteiger charge is 2.19. The van der Waals surface area contributed by atoms with Crippen LogP contribution in [0.5, 0.6) is 17.2 Å². The molecule has 3 aromatic carbocycles. The number of aromatic nitrogens is 5. The van der Waals surface area contributed by atoms with Crippen LogP contribution in [0, 0.1) is 0 Å². The number of hydrogen-bond acceptors (Lipinski definition) is 6. The first kappa shape index (κ1) is 32.7. The van der Waals surface area contributed by atoms with E-state index in [1.165, 1.54) is 0 Å². The number of hydrogen-bond donors (Lipinski definition) is 2. The van der Waals surface area contributed by atoms with Gasteiger partial charge in [0.15, 0.2) is 0 Å². The Balaban J connectivity index is 1.44. The van der Waals surface area contributed by atoms with Crippen molar-refractivity contribution < 1.29 is 14.2 Å². The fourth-order valence-electron chi connectivity index (χ4n) is 7.20. The number of benzene rings is 3. The molecule has 8 nitrogen and oxygen atoms in total. The number of methoxy groups -OCH3 is 3. The molecule has 0 unspecified atom stereocenters. The summed E-state index contributed by atoms with van der Waals surface area (Å²) < 4.78 is 16.6. The predicted molar refractivity (Wildman–Crippen MR) is 218 cm³/mol. The van der Waals surface area contributed by atoms with Crippen LogP contribution in [0.3, 0.4) is 0 Å². The van der Waals surface area contributed by atoms with Gasteiger partial charge >= 0.3 is 0 Å². The van der Waals surface area contributed by atoms with Crippen LogP contribution in [0.25, 0.3) is 90.9 Å². The van der Waals surface area contributed by atoms with Crippen LogP contribution in [0.4, 0.5) is 0 Å². The van der Waals surface area contributed by atoms with E-state index in [2.05, 4.69) is 106 Å². The summed E-state index contributed by atoms with van der Waals surface area (Å²) in [5, 5.41) is 0. The second-order valence-corrected chi connectivity index (χ2v) is 12.9. The Labute approximate surface area is 312 Å². The van der Waals surface area contributed by atoms with E-state index in [1.807, 2.05) is 48.7 Å². The van der Waals surface area contributed by atoms with Gasteiger partial charge in [0.25, 0.3) is 0 Å². The lowest BCUT2D eigenvalue weighted by Gasteiger charge is -2.08. The van der Waals surface area contributed by atoms with Crippen molar-refractivity contribution in [2.75, 3.05) is 21.3 Å². The summed E-state index contributed by atoms with van der Waals surface area (Å²) in [6.07, 6.45) is 12.0. The minimum absolute atomic E-state index is 0.782. The molecule has 0 amide bonds. The SMILES string of the molecule is COc1ccc(-c2c3nc(c(-c4ccc(OC)cc4)c4ccc([nH]4)c(-c4cccnc4)c4nc(c(-c5ccc(OC)cc5)c5ccc2[nH]5)C=C4)C=C3)cc1. The summed E-state index contributed by atoms with van der Waals surface area (Å²) in [7, 11) is 5.03. The molecule has 2 N–H and O–H groups in total. The summed E-state index contributed by atoms with van der Waals surface area (Å²) in [6, 6.07) is 36.8. The summed E-state index contributed by atoms with van der Waals surface area (Å²) >= 11 is 0. The van der Waals surface area contributed by atoms with Gasteiger partial charge in [0.2, 0.25) is 0 Å². The zero-order chi connectivity index (χ0) is 36.6. The summed E-state index contributed by atoms with van der Waals surface area (Å²) in [6.45, 7) is 0. The summed E-state index contributed by atoms with van der Waals surface area (Å²) in [5.74, 6) is 2.35. The predicted octanol–water partition coefficient (Wildman–Crippen LogP) is 10.7. The zero-order valence-electron chi connectivity index (χ0n) is 29.9. The normalized spacial score (nSPS) is 11.8. The van der Waals surface area contributed by atoms with Crippen molar-refractivity contribution in [1.82, 2.24) is 24.9 Å². The van der Waals surface area contributed by atoms with E-state index < -0.39 is 0 Å². The maximum absolute atomic E-state index is 5.52. The van der Waals surface area contributed by atoms with Crippen molar-refractivity contribution in [3.8, 4) is 61.8 Å². The maximum Gasteiger partial charge on any atom is 0.118 e. The van der Waals surface area contributed by atoms with E-state index in [0.717, 1.165) is 107 Å². The number of H-pyrrole nitrogens is 2. The van der Waals surface area contributed by atoms with Crippen molar-refractivity contribution in [2.45, 2.75) is 0 Å². The van der Waals surface area contributed by atoms with Gasteiger partial charge in [0.05, 0.1) is 44.1 Å². The largest absolute Gasteiger partial charge is 0.497 e. The van der Waals surface area contributed by atoms with Crippen LogP contribution in [0.2, 0.25) is 0 Å². The smallest absolute Gasteiger partial charge is 0.118 e. The second kappa shape index (κ2) is 13.7. The molecule has 0 atom stereocenters. The maximum atomic E-state index is 5.52. The topological polar surface area (TPSA) is 97.9 Å². The fraction of sp³-hybridized carbons (Fsp3) is 0.0652. The van der Waals surface area contributed by atoms with Gasteiger partial charge in [-0.1, -0.05) is 42.5 Å². The average Bonchev–Trinajstić information content (AvgIpc) is 4.07. The van der Waals surface area contributed by atoms with Crippen LogP contribution >= 0.6 is 0 Å². The Hall–Kier alpha value is -7.19. The van der Waals surface area contributed by atoms with E-state index >= 15 is 0 Å². The molecule has 7 aromatic rings. The van der Waals surface area contributed by atoms with Crippen LogP contribution in [-0.4, -0.2) is 46.2 Å². The van der Waals surface area contributed by atoms with E-state index in [0.29, 0.717) is 0 Å². The molecule has 0 saturated carbocycles. The minimum Gasteiger partial charge on any atom is -0.497 e. The number of fused-ring (bicyclic) bond motifs is 8. The molecule has 4 aromatic heterocycles. The number of nitrogens with zero attached hydrogens (tertiary/aromatic N) is 3. The molecule has 2 aliphatic rings. The molecule has 6 heterocycles. The Kier molecular flexibility index (Phi) is 8.32. The highest BCUT2D eigenvalue weighted by molar-refractivity contribution is 5.99. The first-order valence-electron chi connectivity index (χ1n) is 17.6. The molecule has 0 radical (unpaired) electrons. The number of ether oxygens (including phenoxy) is 3. The van der Waals surface area contributed by atoms with Crippen molar-refractivity contribution in [1.29, 1.82) is 0 Å². The second-order valence-electron chi connectivity index (χ2n) is 12.9. The zero-order valence-corrected chi connectivity index (χ0v) is 29.9. The van der Waals surface area contributed by atoms with Gasteiger partial charge in [-0.15, -0.1) is 0 Å². The monoisotopic (exact) mass is 705 g/mol. The third kappa shape index (κ3) is 5.89. The standard InChI is InChI=1S/C46H35N5O3/c1-52-32-12-6-28(7-13-32)43-35-18-20-37(48-35)44(29-8-14-33(53-2)15-9-29)39-22-24-41(50-39)46(31-5-4-26-47-27-31)42-25-23-40(51-42)45(38-21-19-36(43)49-38)30-10-16-34(54-3)17-11-30/h4-27,48,51H,1-3H3. The van der Waals surface area contributed by atoms with Gasteiger partial charge in [-0.3, -0.25) is 4.98 Å². The highest BCUT2D eigenvalue weighted by Crippen LogP contribution is 2.39. The summed E-state index contributed by atoms with van der Waals surface area (Å²) in [5.41, 5.74) is 14.7. The van der Waals surface area contributed by atoms with Crippen molar-refractivity contribution in [3.05, 3.63) is 144 Å². The first-order valence-corrected chi connectivity index (χ1v) is 17.6. The Morgan fingerprint density at radius 2 is 0.722 bits per heavy atom. The fourth-order valence-corrected chi connectivity index (χ4v) is 7.20. The Morgan fingerprint density at radius 3 is 1.02 bits per heavy atom. The van der Waals surface area contributed by atoms with Gasteiger partial charge in [-0.25, -0.2) is 9.97 Å². The third-order valence-corrected chi connectivity index (χ3v) is 9.84. The lowest BCUT2D eigenvalue weighted by Crippen LogP contribution is -1.90. The van der Waals surface area contributed by atoms with Gasteiger partial charge in [-0.05, 0) is 108 Å². The van der Waals surface area contributed by atoms with Crippen molar-refractivity contribution >= 4 is 46.4 Å². The van der Waals surface area contributed by atoms with Crippen LogP contribution in [0.15, 0.2) is 122 Å². The molecule has 0 aliphatic carbocycles. The lowest BCUT2D eigenvalue weighted by atomic mass is 10.0. The third-order valence-electron chi connectivity index (χ3n) is 9.84. The van der Waals surface area contributed by atoms with E-state index in [1.54, 1.807) is 27.5 Å². The molecule has 9 rings (SSSR count). The van der Waals surface area contributed by atoms with E-state index in [4.69, 9.17) is 24.2 Å². The number of nitrogens with one attached hydrogen (secondary N) is 2. The highest BCUT2D eigenvalue weighted by atomic mass is 16.5.